The summed E-state index contributed by atoms with van der Waals surface area (Å²) in [5.41, 5.74) is 1.10. The normalized spacial score (nSPS) is 10.0. The lowest BCUT2D eigenvalue weighted by atomic mass is 10.1. The predicted molar refractivity (Wildman–Crippen MR) is 86.1 cm³/mol. The van der Waals surface area contributed by atoms with E-state index in [1.807, 2.05) is 25.1 Å². The van der Waals surface area contributed by atoms with Crippen LogP contribution in [0, 0.1) is 0 Å². The van der Waals surface area contributed by atoms with Gasteiger partial charge in [-0.15, -0.1) is 0 Å². The van der Waals surface area contributed by atoms with Crippen LogP contribution in [0.15, 0.2) is 18.2 Å². The summed E-state index contributed by atoms with van der Waals surface area (Å²) >= 11 is 0. The maximum Gasteiger partial charge on any atom is 0.314 e. The molecule has 0 aliphatic heterocycles. The van der Waals surface area contributed by atoms with Crippen LogP contribution in [-0.4, -0.2) is 43.9 Å². The topological polar surface area (TPSA) is 96.9 Å². The third kappa shape index (κ3) is 7.39. The first-order valence-electron chi connectivity index (χ1n) is 7.60. The number of rotatable bonds is 10. The molecule has 0 atom stereocenters. The van der Waals surface area contributed by atoms with Crippen molar-refractivity contribution in [3.8, 4) is 11.5 Å². The minimum Gasteiger partial charge on any atom is -0.493 e. The highest BCUT2D eigenvalue weighted by Crippen LogP contribution is 2.28. The minimum absolute atomic E-state index is 0.0839. The highest BCUT2D eigenvalue weighted by molar-refractivity contribution is 5.74. The Bertz CT molecular complexity index is 519. The van der Waals surface area contributed by atoms with Crippen LogP contribution in [0.3, 0.4) is 0 Å². The Hall–Kier alpha value is -2.44. The summed E-state index contributed by atoms with van der Waals surface area (Å²) in [5, 5.41) is 13.6. The van der Waals surface area contributed by atoms with E-state index in [9.17, 15) is 9.59 Å². The second-order valence-electron chi connectivity index (χ2n) is 4.85. The van der Waals surface area contributed by atoms with E-state index in [4.69, 9.17) is 14.6 Å². The number of carbonyl (C=O) groups is 2. The number of amides is 2. The van der Waals surface area contributed by atoms with Crippen LogP contribution >= 0.6 is 0 Å². The number of ether oxygens (including phenoxy) is 2. The van der Waals surface area contributed by atoms with E-state index in [0.717, 1.165) is 18.4 Å². The molecule has 0 radical (unpaired) electrons. The van der Waals surface area contributed by atoms with Crippen LogP contribution < -0.4 is 20.1 Å². The van der Waals surface area contributed by atoms with Crippen molar-refractivity contribution in [2.75, 3.05) is 26.8 Å². The fourth-order valence-electron chi connectivity index (χ4n) is 1.98. The Labute approximate surface area is 136 Å². The number of benzene rings is 1. The van der Waals surface area contributed by atoms with E-state index in [-0.39, 0.29) is 19.0 Å². The molecule has 0 spiro atoms. The number of hydrogen-bond acceptors (Lipinski definition) is 4. The fourth-order valence-corrected chi connectivity index (χ4v) is 1.98. The fraction of sp³-hybridized carbons (Fsp3) is 0.500. The second-order valence-corrected chi connectivity index (χ2v) is 4.85. The molecule has 0 unspecified atom stereocenters. The van der Waals surface area contributed by atoms with Gasteiger partial charge >= 0.3 is 12.0 Å². The molecule has 0 bridgehead atoms. The van der Waals surface area contributed by atoms with Crippen molar-refractivity contribution in [2.45, 2.75) is 26.2 Å². The molecule has 0 aliphatic carbocycles. The van der Waals surface area contributed by atoms with Crippen molar-refractivity contribution >= 4 is 12.0 Å². The lowest BCUT2D eigenvalue weighted by molar-refractivity contribution is -0.136. The van der Waals surface area contributed by atoms with Crippen LogP contribution in [0.2, 0.25) is 0 Å². The first-order valence-corrected chi connectivity index (χ1v) is 7.60. The van der Waals surface area contributed by atoms with Crippen molar-refractivity contribution in [1.29, 1.82) is 0 Å². The molecular weight excluding hydrogens is 300 g/mol. The second kappa shape index (κ2) is 10.3. The summed E-state index contributed by atoms with van der Waals surface area (Å²) in [5.74, 6) is 0.480. The lowest BCUT2D eigenvalue weighted by Crippen LogP contribution is -2.37. The number of aryl methyl sites for hydroxylation is 1. The third-order valence-electron chi connectivity index (χ3n) is 3.08. The molecular formula is C16H24N2O5. The van der Waals surface area contributed by atoms with Crippen molar-refractivity contribution in [3.05, 3.63) is 23.8 Å². The predicted octanol–water partition coefficient (Wildman–Crippen LogP) is 1.80. The number of hydrogen-bond donors (Lipinski definition) is 3. The van der Waals surface area contributed by atoms with Gasteiger partial charge in [-0.3, -0.25) is 4.79 Å². The summed E-state index contributed by atoms with van der Waals surface area (Å²) in [6, 6.07) is 5.42. The van der Waals surface area contributed by atoms with Gasteiger partial charge < -0.3 is 25.2 Å². The number of carboxylic acid groups (broad SMARTS) is 1. The van der Waals surface area contributed by atoms with E-state index >= 15 is 0 Å². The van der Waals surface area contributed by atoms with Crippen LogP contribution in [0.1, 0.15) is 25.3 Å². The maximum atomic E-state index is 11.4. The highest BCUT2D eigenvalue weighted by Gasteiger charge is 2.06. The first kappa shape index (κ1) is 18.6. The van der Waals surface area contributed by atoms with E-state index in [1.165, 1.54) is 0 Å². The number of carbonyl (C=O) groups excluding carboxylic acids is 1. The third-order valence-corrected chi connectivity index (χ3v) is 3.08. The summed E-state index contributed by atoms with van der Waals surface area (Å²) in [7, 11) is 1.60. The monoisotopic (exact) mass is 324 g/mol. The Balaban J connectivity index is 2.31. The van der Waals surface area contributed by atoms with E-state index < -0.39 is 5.97 Å². The molecule has 0 heterocycles. The molecule has 0 saturated heterocycles. The summed E-state index contributed by atoms with van der Waals surface area (Å²) in [6.07, 6.45) is 1.48. The van der Waals surface area contributed by atoms with Gasteiger partial charge in [-0.25, -0.2) is 4.79 Å². The van der Waals surface area contributed by atoms with E-state index in [2.05, 4.69) is 10.6 Å². The zero-order valence-corrected chi connectivity index (χ0v) is 13.6. The molecule has 0 aliphatic rings. The summed E-state index contributed by atoms with van der Waals surface area (Å²) in [4.78, 5) is 21.7. The lowest BCUT2D eigenvalue weighted by Gasteiger charge is -2.11. The number of methoxy groups -OCH3 is 1. The molecule has 2 amide bonds. The van der Waals surface area contributed by atoms with Gasteiger partial charge in [-0.05, 0) is 37.5 Å². The molecule has 1 rings (SSSR count). The Morgan fingerprint density at radius 1 is 1.17 bits per heavy atom. The number of carboxylic acids is 1. The van der Waals surface area contributed by atoms with Gasteiger partial charge in [0.25, 0.3) is 0 Å². The van der Waals surface area contributed by atoms with E-state index in [1.54, 1.807) is 7.11 Å². The molecule has 1 aromatic rings. The average Bonchev–Trinajstić information content (AvgIpc) is 2.52. The van der Waals surface area contributed by atoms with Gasteiger partial charge in [0.1, 0.15) is 0 Å². The SMILES string of the molecule is CCOc1cc(CCCNC(=O)NCCC(=O)O)ccc1OC. The van der Waals surface area contributed by atoms with Crippen LogP contribution in [-0.2, 0) is 11.2 Å². The molecule has 3 N–H and O–H groups in total. The van der Waals surface area contributed by atoms with Crippen molar-refractivity contribution in [2.24, 2.45) is 0 Å². The Morgan fingerprint density at radius 3 is 2.57 bits per heavy atom. The molecule has 7 nitrogen and oxygen atoms in total. The average molecular weight is 324 g/mol. The molecule has 0 aromatic heterocycles. The van der Waals surface area contributed by atoms with Crippen LogP contribution in [0.5, 0.6) is 11.5 Å². The van der Waals surface area contributed by atoms with E-state index in [0.29, 0.717) is 24.7 Å². The first-order chi connectivity index (χ1) is 11.1. The zero-order valence-electron chi connectivity index (χ0n) is 13.6. The standard InChI is InChI=1S/C16H24N2O5/c1-3-23-14-11-12(6-7-13(14)22-2)5-4-9-17-16(21)18-10-8-15(19)20/h6-7,11H,3-5,8-10H2,1-2H3,(H,19,20)(H2,17,18,21). The number of nitrogens with one attached hydrogen (secondary N) is 2. The van der Waals surface area contributed by atoms with Gasteiger partial charge in [-0.2, -0.15) is 0 Å². The van der Waals surface area contributed by atoms with Gasteiger partial charge in [0.2, 0.25) is 0 Å². The van der Waals surface area contributed by atoms with Gasteiger partial charge in [0, 0.05) is 13.1 Å². The van der Waals surface area contributed by atoms with Crippen molar-refractivity contribution in [1.82, 2.24) is 10.6 Å². The van der Waals surface area contributed by atoms with Crippen LogP contribution in [0.25, 0.3) is 0 Å². The number of urea groups is 1. The van der Waals surface area contributed by atoms with Crippen molar-refractivity contribution in [3.63, 3.8) is 0 Å². The van der Waals surface area contributed by atoms with Gasteiger partial charge in [0.15, 0.2) is 11.5 Å². The summed E-state index contributed by atoms with van der Waals surface area (Å²) in [6.45, 7) is 3.11. The molecule has 0 saturated carbocycles. The quantitative estimate of drug-likeness (QED) is 0.570. The molecule has 1 aromatic carbocycles. The van der Waals surface area contributed by atoms with Gasteiger partial charge in [0.05, 0.1) is 20.1 Å². The minimum atomic E-state index is -0.935. The maximum absolute atomic E-state index is 11.4. The molecule has 0 fully saturated rings. The smallest absolute Gasteiger partial charge is 0.314 e. The molecule has 128 valence electrons. The Morgan fingerprint density at radius 2 is 1.91 bits per heavy atom. The summed E-state index contributed by atoms with van der Waals surface area (Å²) < 4.78 is 10.8. The largest absolute Gasteiger partial charge is 0.493 e. The van der Waals surface area contributed by atoms with Crippen LogP contribution in [0.4, 0.5) is 4.79 Å². The molecule has 7 heteroatoms. The number of aliphatic carboxylic acids is 1. The highest BCUT2D eigenvalue weighted by atomic mass is 16.5. The molecule has 23 heavy (non-hydrogen) atoms. The van der Waals surface area contributed by atoms with Gasteiger partial charge in [-0.1, -0.05) is 6.07 Å². The Kier molecular flexibility index (Phi) is 8.34. The van der Waals surface area contributed by atoms with Crippen molar-refractivity contribution < 1.29 is 24.2 Å². The zero-order chi connectivity index (χ0) is 17.1.